The van der Waals surface area contributed by atoms with Gasteiger partial charge in [0.2, 0.25) is 21.8 Å². The molecule has 1 rings (SSSR count). The summed E-state index contributed by atoms with van der Waals surface area (Å²) in [5.74, 6) is -0.411. The molecule has 7 nitrogen and oxygen atoms in total. The average molecular weight is 341 g/mol. The maximum Gasteiger partial charge on any atom is 0.232 e. The Balaban J connectivity index is 2.87. The maximum absolute atomic E-state index is 12.0. The Morgan fingerprint density at radius 3 is 2.17 bits per heavy atom. The van der Waals surface area contributed by atoms with E-state index in [0.29, 0.717) is 11.4 Å². The number of amides is 2. The van der Waals surface area contributed by atoms with Gasteiger partial charge in [0.15, 0.2) is 0 Å². The lowest BCUT2D eigenvalue weighted by Gasteiger charge is -2.22. The van der Waals surface area contributed by atoms with Crippen molar-refractivity contribution in [3.8, 4) is 0 Å². The van der Waals surface area contributed by atoms with Gasteiger partial charge in [-0.15, -0.1) is 0 Å². The van der Waals surface area contributed by atoms with Crippen molar-refractivity contribution >= 4 is 33.2 Å². The fourth-order valence-corrected chi connectivity index (χ4v) is 2.93. The molecule has 0 aliphatic rings. The lowest BCUT2D eigenvalue weighted by atomic mass is 10.2. The number of anilines is 2. The van der Waals surface area contributed by atoms with E-state index in [0.717, 1.165) is 6.26 Å². The van der Waals surface area contributed by atoms with Gasteiger partial charge in [-0.2, -0.15) is 0 Å². The van der Waals surface area contributed by atoms with Crippen molar-refractivity contribution < 1.29 is 18.0 Å². The molecule has 1 aromatic rings. The Morgan fingerprint density at radius 2 is 1.74 bits per heavy atom. The van der Waals surface area contributed by atoms with Gasteiger partial charge in [0, 0.05) is 31.6 Å². The quantitative estimate of drug-likeness (QED) is 0.782. The molecule has 2 N–H and O–H groups in total. The molecule has 0 spiro atoms. The molecule has 0 aliphatic carbocycles. The number of rotatable bonds is 7. The van der Waals surface area contributed by atoms with Crippen LogP contribution in [-0.2, 0) is 19.6 Å². The van der Waals surface area contributed by atoms with Crippen LogP contribution in [0.15, 0.2) is 24.3 Å². The van der Waals surface area contributed by atoms with E-state index < -0.39 is 10.0 Å². The summed E-state index contributed by atoms with van der Waals surface area (Å²) in [6.07, 6.45) is 1.16. The first-order valence-electron chi connectivity index (χ1n) is 7.24. The third-order valence-electron chi connectivity index (χ3n) is 2.87. The van der Waals surface area contributed by atoms with Crippen LogP contribution in [0.4, 0.5) is 11.4 Å². The van der Waals surface area contributed by atoms with Crippen LogP contribution in [0.5, 0.6) is 0 Å². The summed E-state index contributed by atoms with van der Waals surface area (Å²) < 4.78 is 25.1. The van der Waals surface area contributed by atoms with Crippen molar-refractivity contribution in [1.82, 2.24) is 5.32 Å². The summed E-state index contributed by atoms with van der Waals surface area (Å²) in [6, 6.07) is 6.41. The number of carbonyl (C=O) groups excluding carboxylic acids is 2. The molecule has 0 aromatic heterocycles. The zero-order chi connectivity index (χ0) is 17.6. The fraction of sp³-hybridized carbons (Fsp3) is 0.467. The van der Waals surface area contributed by atoms with Gasteiger partial charge >= 0.3 is 0 Å². The standard InChI is InChI=1S/C15H23N3O4S/c1-11(2)16-15(20)9-10-18(23(4,21)22)14-7-5-13(6-8-14)17-12(3)19/h5-8,11H,9-10H2,1-4H3,(H,16,20)(H,17,19). The summed E-state index contributed by atoms with van der Waals surface area (Å²) in [6.45, 7) is 5.13. The SMILES string of the molecule is CC(=O)Nc1ccc(N(CCC(=O)NC(C)C)S(C)(=O)=O)cc1. The van der Waals surface area contributed by atoms with Crippen LogP contribution in [0.25, 0.3) is 0 Å². The van der Waals surface area contributed by atoms with Crippen molar-refractivity contribution in [2.75, 3.05) is 22.4 Å². The number of nitrogens with zero attached hydrogens (tertiary/aromatic N) is 1. The molecule has 0 heterocycles. The first-order valence-corrected chi connectivity index (χ1v) is 9.09. The number of sulfonamides is 1. The third kappa shape index (κ3) is 6.68. The largest absolute Gasteiger partial charge is 0.354 e. The van der Waals surface area contributed by atoms with Gasteiger partial charge in [-0.05, 0) is 38.1 Å². The first kappa shape index (κ1) is 19.0. The highest BCUT2D eigenvalue weighted by Gasteiger charge is 2.18. The van der Waals surface area contributed by atoms with Crippen LogP contribution in [0, 0.1) is 0 Å². The maximum atomic E-state index is 12.0. The Kier molecular flexibility index (Phi) is 6.56. The van der Waals surface area contributed by atoms with E-state index in [9.17, 15) is 18.0 Å². The normalized spacial score (nSPS) is 11.2. The highest BCUT2D eigenvalue weighted by molar-refractivity contribution is 7.92. The second kappa shape index (κ2) is 7.96. The van der Waals surface area contributed by atoms with Gasteiger partial charge in [0.1, 0.15) is 0 Å². The van der Waals surface area contributed by atoms with E-state index in [1.807, 2.05) is 13.8 Å². The topological polar surface area (TPSA) is 95.6 Å². The number of nitrogens with one attached hydrogen (secondary N) is 2. The van der Waals surface area contributed by atoms with E-state index in [2.05, 4.69) is 10.6 Å². The van der Waals surface area contributed by atoms with Crippen molar-refractivity contribution in [2.45, 2.75) is 33.2 Å². The molecule has 0 radical (unpaired) electrons. The molecule has 0 fully saturated rings. The van der Waals surface area contributed by atoms with Gasteiger partial charge in [-0.25, -0.2) is 8.42 Å². The minimum atomic E-state index is -3.51. The highest BCUT2D eigenvalue weighted by Crippen LogP contribution is 2.20. The van der Waals surface area contributed by atoms with Crippen molar-refractivity contribution in [1.29, 1.82) is 0 Å². The first-order chi connectivity index (χ1) is 10.6. The van der Waals surface area contributed by atoms with Crippen LogP contribution in [-0.4, -0.2) is 39.1 Å². The second-order valence-electron chi connectivity index (χ2n) is 5.54. The van der Waals surface area contributed by atoms with Gasteiger partial charge in [0.25, 0.3) is 0 Å². The predicted molar refractivity (Wildman–Crippen MR) is 90.8 cm³/mol. The van der Waals surface area contributed by atoms with Gasteiger partial charge < -0.3 is 10.6 Å². The van der Waals surface area contributed by atoms with Crippen LogP contribution in [0.3, 0.4) is 0 Å². The molecule has 128 valence electrons. The average Bonchev–Trinajstić information content (AvgIpc) is 2.37. The van der Waals surface area contributed by atoms with Crippen LogP contribution in [0.2, 0.25) is 0 Å². The smallest absolute Gasteiger partial charge is 0.232 e. The molecule has 2 amide bonds. The minimum Gasteiger partial charge on any atom is -0.354 e. The third-order valence-corrected chi connectivity index (χ3v) is 4.06. The monoisotopic (exact) mass is 341 g/mol. The summed E-state index contributed by atoms with van der Waals surface area (Å²) in [4.78, 5) is 22.7. The van der Waals surface area contributed by atoms with Crippen LogP contribution < -0.4 is 14.9 Å². The number of benzene rings is 1. The molecule has 0 saturated heterocycles. The summed E-state index contributed by atoms with van der Waals surface area (Å²) >= 11 is 0. The molecular formula is C15H23N3O4S. The number of carbonyl (C=O) groups is 2. The van der Waals surface area contributed by atoms with Crippen LogP contribution in [0.1, 0.15) is 27.2 Å². The molecule has 0 saturated carbocycles. The van der Waals surface area contributed by atoms with E-state index in [1.54, 1.807) is 24.3 Å². The van der Waals surface area contributed by atoms with E-state index >= 15 is 0 Å². The Bertz CT molecular complexity index is 654. The molecule has 0 atom stereocenters. The molecule has 1 aromatic carbocycles. The van der Waals surface area contributed by atoms with Gasteiger partial charge in [-0.3, -0.25) is 13.9 Å². The van der Waals surface area contributed by atoms with Crippen molar-refractivity contribution in [3.05, 3.63) is 24.3 Å². The van der Waals surface area contributed by atoms with E-state index in [-0.39, 0.29) is 30.8 Å². The van der Waals surface area contributed by atoms with E-state index in [1.165, 1.54) is 11.2 Å². The van der Waals surface area contributed by atoms with Gasteiger partial charge in [-0.1, -0.05) is 0 Å². The van der Waals surface area contributed by atoms with Gasteiger partial charge in [0.05, 0.1) is 11.9 Å². The second-order valence-corrected chi connectivity index (χ2v) is 7.44. The van der Waals surface area contributed by atoms with E-state index in [4.69, 9.17) is 0 Å². The molecule has 23 heavy (non-hydrogen) atoms. The summed E-state index contributed by atoms with van der Waals surface area (Å²) in [5, 5.41) is 5.33. The molecule has 0 unspecified atom stereocenters. The number of hydrogen-bond acceptors (Lipinski definition) is 4. The molecule has 0 aliphatic heterocycles. The zero-order valence-corrected chi connectivity index (χ0v) is 14.6. The summed E-state index contributed by atoms with van der Waals surface area (Å²) in [7, 11) is -3.51. The lowest BCUT2D eigenvalue weighted by Crippen LogP contribution is -2.36. The Morgan fingerprint density at radius 1 is 1.17 bits per heavy atom. The predicted octanol–water partition coefficient (Wildman–Crippen LogP) is 1.33. The van der Waals surface area contributed by atoms with Crippen molar-refractivity contribution in [2.24, 2.45) is 0 Å². The Hall–Kier alpha value is -2.09. The number of hydrogen-bond donors (Lipinski definition) is 2. The summed E-state index contributed by atoms with van der Waals surface area (Å²) in [5.41, 5.74) is 1.02. The zero-order valence-electron chi connectivity index (χ0n) is 13.8. The molecular weight excluding hydrogens is 318 g/mol. The van der Waals surface area contributed by atoms with Crippen molar-refractivity contribution in [3.63, 3.8) is 0 Å². The molecule has 8 heteroatoms. The lowest BCUT2D eigenvalue weighted by molar-refractivity contribution is -0.121. The van der Waals surface area contributed by atoms with Crippen LogP contribution >= 0.6 is 0 Å². The highest BCUT2D eigenvalue weighted by atomic mass is 32.2. The minimum absolute atomic E-state index is 0.00567. The fourth-order valence-electron chi connectivity index (χ4n) is 2.00. The molecule has 0 bridgehead atoms. The Labute approximate surface area is 137 Å².